The van der Waals surface area contributed by atoms with Crippen LogP contribution >= 0.6 is 0 Å². The Labute approximate surface area is 80.8 Å². The summed E-state index contributed by atoms with van der Waals surface area (Å²) < 4.78 is 0. The van der Waals surface area contributed by atoms with Gasteiger partial charge in [0.15, 0.2) is 0 Å². The third-order valence-electron chi connectivity index (χ3n) is 1.41. The van der Waals surface area contributed by atoms with Crippen molar-refractivity contribution < 1.29 is 4.79 Å². The van der Waals surface area contributed by atoms with E-state index in [9.17, 15) is 4.79 Å². The molecule has 1 rings (SSSR count). The van der Waals surface area contributed by atoms with Gasteiger partial charge in [-0.25, -0.2) is 9.97 Å². The maximum absolute atomic E-state index is 10.9. The number of nitrogen functional groups attached to an aromatic ring is 1. The van der Waals surface area contributed by atoms with Crippen molar-refractivity contribution in [1.82, 2.24) is 15.3 Å². The van der Waals surface area contributed by atoms with Gasteiger partial charge in [-0.3, -0.25) is 4.79 Å². The monoisotopic (exact) mass is 191 g/mol. The van der Waals surface area contributed by atoms with Crippen molar-refractivity contribution in [2.24, 2.45) is 0 Å². The highest BCUT2D eigenvalue weighted by molar-refractivity contribution is 5.77. The Morgan fingerprint density at radius 3 is 3.14 bits per heavy atom. The molecule has 72 valence electrons. The average Bonchev–Trinajstić information content (AvgIpc) is 2.15. The lowest BCUT2D eigenvalue weighted by atomic mass is 10.4. The summed E-state index contributed by atoms with van der Waals surface area (Å²) in [5.74, 6) is 0.430. The minimum atomic E-state index is -0.349. The summed E-state index contributed by atoms with van der Waals surface area (Å²) >= 11 is 0. The molecule has 0 aliphatic rings. The van der Waals surface area contributed by atoms with Crippen molar-refractivity contribution in [3.63, 3.8) is 0 Å². The van der Waals surface area contributed by atoms with Crippen LogP contribution in [-0.4, -0.2) is 15.9 Å². The number of carbonyl (C=O) groups is 1. The molecule has 1 aromatic rings. The fourth-order valence-electron chi connectivity index (χ4n) is 0.812. The molecule has 1 aromatic heterocycles. The highest BCUT2D eigenvalue weighted by Crippen LogP contribution is 1.95. The fourth-order valence-corrected chi connectivity index (χ4v) is 0.812. The summed E-state index contributed by atoms with van der Waals surface area (Å²) in [5.41, 5.74) is 5.41. The van der Waals surface area contributed by atoms with Gasteiger partial charge >= 0.3 is 0 Å². The predicted octanol–water partition coefficient (Wildman–Crippen LogP) is -0.411. The molecule has 0 radical (unpaired) electrons. The van der Waals surface area contributed by atoms with E-state index >= 15 is 0 Å². The Bertz CT molecular complexity index is 370. The minimum Gasteiger partial charge on any atom is -0.384 e. The SMILES string of the molecule is N#CCC(=O)NCc1nccc(N)n1. The lowest BCUT2D eigenvalue weighted by molar-refractivity contribution is -0.120. The fraction of sp³-hybridized carbons (Fsp3) is 0.250. The molecule has 6 heteroatoms. The van der Waals surface area contributed by atoms with Crippen LogP contribution in [0.1, 0.15) is 12.2 Å². The van der Waals surface area contributed by atoms with Gasteiger partial charge in [0, 0.05) is 6.20 Å². The summed E-state index contributed by atoms with van der Waals surface area (Å²) in [7, 11) is 0. The summed E-state index contributed by atoms with van der Waals surface area (Å²) in [4.78, 5) is 18.6. The van der Waals surface area contributed by atoms with E-state index in [1.165, 1.54) is 6.20 Å². The Morgan fingerprint density at radius 2 is 2.50 bits per heavy atom. The molecule has 1 amide bonds. The van der Waals surface area contributed by atoms with E-state index in [0.717, 1.165) is 0 Å². The molecule has 0 bridgehead atoms. The maximum atomic E-state index is 10.9. The van der Waals surface area contributed by atoms with Crippen LogP contribution in [-0.2, 0) is 11.3 Å². The number of hydrogen-bond acceptors (Lipinski definition) is 5. The van der Waals surface area contributed by atoms with E-state index in [1.54, 1.807) is 12.1 Å². The van der Waals surface area contributed by atoms with E-state index in [4.69, 9.17) is 11.0 Å². The number of rotatable bonds is 3. The van der Waals surface area contributed by atoms with Gasteiger partial charge in [0.2, 0.25) is 5.91 Å². The molecule has 14 heavy (non-hydrogen) atoms. The summed E-state index contributed by atoms with van der Waals surface area (Å²) in [6.45, 7) is 0.186. The van der Waals surface area contributed by atoms with Crippen LogP contribution in [0, 0.1) is 11.3 Å². The molecule has 0 aliphatic carbocycles. The van der Waals surface area contributed by atoms with Crippen molar-refractivity contribution in [2.45, 2.75) is 13.0 Å². The zero-order chi connectivity index (χ0) is 10.4. The molecule has 6 nitrogen and oxygen atoms in total. The lowest BCUT2D eigenvalue weighted by Crippen LogP contribution is -2.23. The molecular weight excluding hydrogens is 182 g/mol. The van der Waals surface area contributed by atoms with E-state index in [2.05, 4.69) is 15.3 Å². The highest BCUT2D eigenvalue weighted by atomic mass is 16.1. The number of nitrogens with one attached hydrogen (secondary N) is 1. The van der Waals surface area contributed by atoms with Gasteiger partial charge in [-0.05, 0) is 6.07 Å². The van der Waals surface area contributed by atoms with Crippen LogP contribution in [0.4, 0.5) is 5.82 Å². The van der Waals surface area contributed by atoms with E-state index in [-0.39, 0.29) is 18.9 Å². The normalized spacial score (nSPS) is 9.07. The molecular formula is C8H9N5O. The zero-order valence-electron chi connectivity index (χ0n) is 7.40. The summed E-state index contributed by atoms with van der Waals surface area (Å²) in [6, 6.07) is 3.29. The number of nitriles is 1. The van der Waals surface area contributed by atoms with Gasteiger partial charge in [0.05, 0.1) is 12.6 Å². The van der Waals surface area contributed by atoms with Crippen LogP contribution < -0.4 is 11.1 Å². The number of amides is 1. The molecule has 0 saturated carbocycles. The topological polar surface area (TPSA) is 105 Å². The predicted molar refractivity (Wildman–Crippen MR) is 48.5 cm³/mol. The van der Waals surface area contributed by atoms with Crippen molar-refractivity contribution in [1.29, 1.82) is 5.26 Å². The van der Waals surface area contributed by atoms with Crippen LogP contribution in [0.5, 0.6) is 0 Å². The second-order valence-electron chi connectivity index (χ2n) is 2.51. The summed E-state index contributed by atoms with van der Waals surface area (Å²) in [6.07, 6.45) is 1.34. The van der Waals surface area contributed by atoms with Crippen molar-refractivity contribution in [2.75, 3.05) is 5.73 Å². The molecule has 0 unspecified atom stereocenters. The van der Waals surface area contributed by atoms with E-state index in [0.29, 0.717) is 11.6 Å². The number of nitrogens with zero attached hydrogens (tertiary/aromatic N) is 3. The smallest absolute Gasteiger partial charge is 0.234 e. The lowest BCUT2D eigenvalue weighted by Gasteiger charge is -2.01. The third kappa shape index (κ3) is 3.06. The van der Waals surface area contributed by atoms with Gasteiger partial charge in [0.1, 0.15) is 18.1 Å². The first-order valence-corrected chi connectivity index (χ1v) is 3.93. The number of nitrogens with two attached hydrogens (primary N) is 1. The number of hydrogen-bond donors (Lipinski definition) is 2. The summed E-state index contributed by atoms with van der Waals surface area (Å²) in [5, 5.41) is 10.7. The Kier molecular flexibility index (Phi) is 3.38. The molecule has 0 aromatic carbocycles. The second kappa shape index (κ2) is 4.77. The number of carbonyl (C=O) groups excluding carboxylic acids is 1. The van der Waals surface area contributed by atoms with Crippen LogP contribution in [0.15, 0.2) is 12.3 Å². The first kappa shape index (κ1) is 9.92. The van der Waals surface area contributed by atoms with Crippen LogP contribution in [0.2, 0.25) is 0 Å². The highest BCUT2D eigenvalue weighted by Gasteiger charge is 2.01. The second-order valence-corrected chi connectivity index (χ2v) is 2.51. The molecule has 1 heterocycles. The maximum Gasteiger partial charge on any atom is 0.234 e. The largest absolute Gasteiger partial charge is 0.384 e. The van der Waals surface area contributed by atoms with Crippen molar-refractivity contribution in [3.8, 4) is 6.07 Å². The molecule has 3 N–H and O–H groups in total. The number of aromatic nitrogens is 2. The molecule has 0 spiro atoms. The third-order valence-corrected chi connectivity index (χ3v) is 1.41. The Morgan fingerprint density at radius 1 is 1.71 bits per heavy atom. The molecule has 0 aliphatic heterocycles. The number of anilines is 1. The quantitative estimate of drug-likeness (QED) is 0.675. The molecule has 0 saturated heterocycles. The Hall–Kier alpha value is -2.16. The van der Waals surface area contributed by atoms with Crippen LogP contribution in [0.25, 0.3) is 0 Å². The van der Waals surface area contributed by atoms with E-state index < -0.39 is 0 Å². The van der Waals surface area contributed by atoms with Gasteiger partial charge in [-0.1, -0.05) is 0 Å². The molecule has 0 atom stereocenters. The Balaban J connectivity index is 2.46. The molecule has 0 fully saturated rings. The zero-order valence-corrected chi connectivity index (χ0v) is 7.40. The van der Waals surface area contributed by atoms with Crippen molar-refractivity contribution in [3.05, 3.63) is 18.1 Å². The van der Waals surface area contributed by atoms with Crippen LogP contribution in [0.3, 0.4) is 0 Å². The van der Waals surface area contributed by atoms with Gasteiger partial charge in [-0.2, -0.15) is 5.26 Å². The van der Waals surface area contributed by atoms with Crippen molar-refractivity contribution >= 4 is 11.7 Å². The first-order chi connectivity index (χ1) is 6.72. The van der Waals surface area contributed by atoms with Gasteiger partial charge in [0.25, 0.3) is 0 Å². The minimum absolute atomic E-state index is 0.164. The average molecular weight is 191 g/mol. The first-order valence-electron chi connectivity index (χ1n) is 3.93. The van der Waals surface area contributed by atoms with Gasteiger partial charge < -0.3 is 11.1 Å². The standard InChI is InChI=1S/C8H9N5O/c9-3-1-8(14)12-5-7-11-4-2-6(10)13-7/h2,4H,1,5H2,(H,12,14)(H2,10,11,13). The van der Waals surface area contributed by atoms with E-state index in [1.807, 2.05) is 0 Å². The van der Waals surface area contributed by atoms with Gasteiger partial charge in [-0.15, -0.1) is 0 Å².